The van der Waals surface area contributed by atoms with Crippen molar-refractivity contribution in [3.8, 4) is 18.1 Å². The van der Waals surface area contributed by atoms with Gasteiger partial charge in [0.1, 0.15) is 5.75 Å². The number of likely N-dealkylation sites (tertiary alicyclic amines) is 1. The monoisotopic (exact) mass is 286 g/mol. The summed E-state index contributed by atoms with van der Waals surface area (Å²) in [6, 6.07) is 8.72. The molecule has 1 heterocycles. The van der Waals surface area contributed by atoms with Crippen LogP contribution in [0.5, 0.6) is 5.75 Å². The number of terminal acetylenes is 1. The maximum Gasteiger partial charge on any atom is 0.142 e. The molecule has 3 nitrogen and oxygen atoms in total. The van der Waals surface area contributed by atoms with Gasteiger partial charge in [-0.3, -0.25) is 4.90 Å². The van der Waals surface area contributed by atoms with Crippen molar-refractivity contribution >= 4 is 5.69 Å². The van der Waals surface area contributed by atoms with Crippen molar-refractivity contribution in [2.45, 2.75) is 32.7 Å². The molecule has 0 aromatic heterocycles. The lowest BCUT2D eigenvalue weighted by Crippen LogP contribution is -2.39. The normalized spacial score (nSPS) is 16.7. The SMILES string of the molecule is C#CCN1CCC(Nc2ccccc2OCC(C)C)CC1. The topological polar surface area (TPSA) is 24.5 Å². The summed E-state index contributed by atoms with van der Waals surface area (Å²) in [5, 5.41) is 3.63. The smallest absolute Gasteiger partial charge is 0.142 e. The van der Waals surface area contributed by atoms with E-state index >= 15 is 0 Å². The average Bonchev–Trinajstić information content (AvgIpc) is 2.48. The van der Waals surface area contributed by atoms with Crippen molar-refractivity contribution < 1.29 is 4.74 Å². The number of hydrogen-bond acceptors (Lipinski definition) is 3. The average molecular weight is 286 g/mol. The van der Waals surface area contributed by atoms with Crippen LogP contribution >= 0.6 is 0 Å². The van der Waals surface area contributed by atoms with Crippen LogP contribution < -0.4 is 10.1 Å². The molecule has 1 aliphatic heterocycles. The summed E-state index contributed by atoms with van der Waals surface area (Å²) in [6.07, 6.45) is 7.62. The van der Waals surface area contributed by atoms with Crippen LogP contribution in [-0.4, -0.2) is 37.2 Å². The van der Waals surface area contributed by atoms with Gasteiger partial charge in [-0.2, -0.15) is 0 Å². The van der Waals surface area contributed by atoms with Crippen LogP contribution in [0, 0.1) is 18.3 Å². The highest BCUT2D eigenvalue weighted by Gasteiger charge is 2.19. The number of ether oxygens (including phenoxy) is 1. The first-order valence-corrected chi connectivity index (χ1v) is 7.83. The van der Waals surface area contributed by atoms with Gasteiger partial charge in [0.15, 0.2) is 0 Å². The van der Waals surface area contributed by atoms with Gasteiger partial charge >= 0.3 is 0 Å². The third-order valence-electron chi connectivity index (χ3n) is 3.72. The van der Waals surface area contributed by atoms with E-state index in [0.29, 0.717) is 12.0 Å². The maximum atomic E-state index is 5.90. The molecular formula is C18H26N2O. The second-order valence-corrected chi connectivity index (χ2v) is 6.10. The van der Waals surface area contributed by atoms with Gasteiger partial charge in [0, 0.05) is 19.1 Å². The Labute approximate surface area is 128 Å². The Morgan fingerprint density at radius 1 is 1.33 bits per heavy atom. The molecule has 1 saturated heterocycles. The molecule has 1 fully saturated rings. The van der Waals surface area contributed by atoms with Crippen molar-refractivity contribution in [2.75, 3.05) is 31.6 Å². The van der Waals surface area contributed by atoms with E-state index in [2.05, 4.69) is 42.1 Å². The number of rotatable bonds is 6. The van der Waals surface area contributed by atoms with E-state index in [-0.39, 0.29) is 0 Å². The molecular weight excluding hydrogens is 260 g/mol. The van der Waals surface area contributed by atoms with Crippen LogP contribution in [-0.2, 0) is 0 Å². The summed E-state index contributed by atoms with van der Waals surface area (Å²) in [7, 11) is 0. The Balaban J connectivity index is 1.90. The summed E-state index contributed by atoms with van der Waals surface area (Å²) in [6.45, 7) is 7.97. The molecule has 1 aliphatic rings. The number of para-hydroxylation sites is 2. The van der Waals surface area contributed by atoms with Gasteiger partial charge in [0.2, 0.25) is 0 Å². The zero-order chi connectivity index (χ0) is 15.1. The van der Waals surface area contributed by atoms with E-state index in [9.17, 15) is 0 Å². The van der Waals surface area contributed by atoms with Crippen molar-refractivity contribution in [1.82, 2.24) is 4.90 Å². The number of hydrogen-bond donors (Lipinski definition) is 1. The number of anilines is 1. The van der Waals surface area contributed by atoms with Gasteiger partial charge in [0.05, 0.1) is 18.8 Å². The predicted octanol–water partition coefficient (Wildman–Crippen LogP) is 3.23. The number of nitrogens with one attached hydrogen (secondary N) is 1. The van der Waals surface area contributed by atoms with E-state index in [1.807, 2.05) is 12.1 Å². The largest absolute Gasteiger partial charge is 0.491 e. The van der Waals surface area contributed by atoms with E-state index in [1.165, 1.54) is 0 Å². The van der Waals surface area contributed by atoms with Gasteiger partial charge in [0.25, 0.3) is 0 Å². The van der Waals surface area contributed by atoms with Crippen LogP contribution in [0.4, 0.5) is 5.69 Å². The molecule has 0 aliphatic carbocycles. The van der Waals surface area contributed by atoms with Gasteiger partial charge in [-0.15, -0.1) is 6.42 Å². The molecule has 3 heteroatoms. The maximum absolute atomic E-state index is 5.90. The molecule has 1 aromatic carbocycles. The van der Waals surface area contributed by atoms with Crippen LogP contribution in [0.2, 0.25) is 0 Å². The quantitative estimate of drug-likeness (QED) is 0.813. The lowest BCUT2D eigenvalue weighted by atomic mass is 10.0. The van der Waals surface area contributed by atoms with Gasteiger partial charge in [-0.25, -0.2) is 0 Å². The fourth-order valence-corrected chi connectivity index (χ4v) is 2.55. The Morgan fingerprint density at radius 3 is 2.71 bits per heavy atom. The molecule has 0 saturated carbocycles. The first-order chi connectivity index (χ1) is 10.2. The van der Waals surface area contributed by atoms with E-state index < -0.39 is 0 Å². The lowest BCUT2D eigenvalue weighted by molar-refractivity contribution is 0.242. The van der Waals surface area contributed by atoms with Crippen LogP contribution in [0.15, 0.2) is 24.3 Å². The summed E-state index contributed by atoms with van der Waals surface area (Å²) < 4.78 is 5.90. The molecule has 0 amide bonds. The lowest BCUT2D eigenvalue weighted by Gasteiger charge is -2.32. The molecule has 0 bridgehead atoms. The van der Waals surface area contributed by atoms with E-state index in [0.717, 1.165) is 50.5 Å². The summed E-state index contributed by atoms with van der Waals surface area (Å²) in [5.41, 5.74) is 1.11. The van der Waals surface area contributed by atoms with Gasteiger partial charge in [-0.05, 0) is 30.9 Å². The molecule has 0 radical (unpaired) electrons. The van der Waals surface area contributed by atoms with E-state index in [1.54, 1.807) is 0 Å². The number of nitrogens with zero attached hydrogens (tertiary/aromatic N) is 1. The van der Waals surface area contributed by atoms with Crippen molar-refractivity contribution in [2.24, 2.45) is 5.92 Å². The first-order valence-electron chi connectivity index (χ1n) is 7.83. The number of piperidine rings is 1. The summed E-state index contributed by atoms with van der Waals surface area (Å²) in [5.74, 6) is 4.21. The zero-order valence-corrected chi connectivity index (χ0v) is 13.1. The summed E-state index contributed by atoms with van der Waals surface area (Å²) >= 11 is 0. The molecule has 2 rings (SSSR count). The summed E-state index contributed by atoms with van der Waals surface area (Å²) in [4.78, 5) is 2.33. The highest BCUT2D eigenvalue weighted by atomic mass is 16.5. The minimum atomic E-state index is 0.503. The zero-order valence-electron chi connectivity index (χ0n) is 13.1. The van der Waals surface area contributed by atoms with Crippen LogP contribution in [0.25, 0.3) is 0 Å². The predicted molar refractivity (Wildman–Crippen MR) is 88.7 cm³/mol. The molecule has 0 spiro atoms. The molecule has 1 N–H and O–H groups in total. The van der Waals surface area contributed by atoms with Crippen LogP contribution in [0.3, 0.4) is 0 Å². The third-order valence-corrected chi connectivity index (χ3v) is 3.72. The number of benzene rings is 1. The second-order valence-electron chi connectivity index (χ2n) is 6.10. The molecule has 0 atom stereocenters. The Morgan fingerprint density at radius 2 is 2.05 bits per heavy atom. The van der Waals surface area contributed by atoms with Gasteiger partial charge < -0.3 is 10.1 Å². The minimum absolute atomic E-state index is 0.503. The Kier molecular flexibility index (Phi) is 5.95. The second kappa shape index (κ2) is 7.95. The molecule has 114 valence electrons. The molecule has 0 unspecified atom stereocenters. The highest BCUT2D eigenvalue weighted by molar-refractivity contribution is 5.56. The fourth-order valence-electron chi connectivity index (χ4n) is 2.55. The third kappa shape index (κ3) is 4.99. The molecule has 1 aromatic rings. The molecule has 21 heavy (non-hydrogen) atoms. The Bertz CT molecular complexity index is 470. The van der Waals surface area contributed by atoms with Crippen molar-refractivity contribution in [3.63, 3.8) is 0 Å². The van der Waals surface area contributed by atoms with Crippen molar-refractivity contribution in [3.05, 3.63) is 24.3 Å². The fraction of sp³-hybridized carbons (Fsp3) is 0.556. The van der Waals surface area contributed by atoms with E-state index in [4.69, 9.17) is 11.2 Å². The standard InChI is InChI=1S/C18H26N2O/c1-4-11-20-12-9-16(10-13-20)19-17-7-5-6-8-18(17)21-14-15(2)3/h1,5-8,15-16,19H,9-14H2,2-3H3. The highest BCUT2D eigenvalue weighted by Crippen LogP contribution is 2.27. The first kappa shape index (κ1) is 15.7. The Hall–Kier alpha value is -1.66. The minimum Gasteiger partial charge on any atom is -0.491 e. The van der Waals surface area contributed by atoms with Gasteiger partial charge in [-0.1, -0.05) is 31.9 Å². The van der Waals surface area contributed by atoms with Crippen LogP contribution in [0.1, 0.15) is 26.7 Å². The van der Waals surface area contributed by atoms with Crippen molar-refractivity contribution in [1.29, 1.82) is 0 Å².